The van der Waals surface area contributed by atoms with Crippen molar-refractivity contribution in [2.45, 2.75) is 12.8 Å². The molecular formula is C18H18MgO. The highest BCUT2D eigenvalue weighted by atomic mass is 24.3. The Morgan fingerprint density at radius 3 is 1.20 bits per heavy atom. The zero-order chi connectivity index (χ0) is 12.9. The van der Waals surface area contributed by atoms with Crippen molar-refractivity contribution in [1.82, 2.24) is 0 Å². The number of hydrogen-bond acceptors (Lipinski definition) is 1. The van der Waals surface area contributed by atoms with Crippen molar-refractivity contribution in [2.24, 2.45) is 0 Å². The Kier molecular flexibility index (Phi) is 5.83. The fourth-order valence-electron chi connectivity index (χ4n) is 2.39. The van der Waals surface area contributed by atoms with Crippen LogP contribution in [0.3, 0.4) is 0 Å². The van der Waals surface area contributed by atoms with Crippen LogP contribution in [0.25, 0.3) is 21.5 Å². The lowest BCUT2D eigenvalue weighted by Crippen LogP contribution is -1.74. The highest BCUT2D eigenvalue weighted by molar-refractivity contribution is 5.98. The third-order valence-corrected chi connectivity index (χ3v) is 3.44. The molecule has 0 aromatic heterocycles. The van der Waals surface area contributed by atoms with Gasteiger partial charge in [0.15, 0.2) is 0 Å². The van der Waals surface area contributed by atoms with E-state index >= 15 is 0 Å². The highest BCUT2D eigenvalue weighted by Crippen LogP contribution is 2.21. The predicted octanol–water partition coefficient (Wildman–Crippen LogP) is 4.41. The summed E-state index contributed by atoms with van der Waals surface area (Å²) < 4.78 is 4.94. The van der Waals surface area contributed by atoms with Gasteiger partial charge in [0.1, 0.15) is 0 Å². The third kappa shape index (κ3) is 3.72. The van der Waals surface area contributed by atoms with E-state index in [1.807, 2.05) is 0 Å². The van der Waals surface area contributed by atoms with Gasteiger partial charge in [0.25, 0.3) is 0 Å². The van der Waals surface area contributed by atoms with Gasteiger partial charge in [-0.15, -0.1) is 0 Å². The van der Waals surface area contributed by atoms with E-state index in [0.29, 0.717) is 0 Å². The number of rotatable bonds is 0. The van der Waals surface area contributed by atoms with Gasteiger partial charge < -0.3 is 4.74 Å². The molecule has 98 valence electrons. The Morgan fingerprint density at radius 2 is 0.950 bits per heavy atom. The molecule has 1 saturated heterocycles. The largest absolute Gasteiger partial charge is 0.381 e. The molecule has 20 heavy (non-hydrogen) atoms. The van der Waals surface area contributed by atoms with Crippen LogP contribution < -0.4 is 0 Å². The Balaban J connectivity index is 0.000000210. The van der Waals surface area contributed by atoms with Crippen LogP contribution in [0.15, 0.2) is 60.7 Å². The Hall–Kier alpha value is -1.09. The first-order chi connectivity index (χ1) is 9.43. The topological polar surface area (TPSA) is 9.23 Å². The molecule has 3 aromatic rings. The summed E-state index contributed by atoms with van der Waals surface area (Å²) in [7, 11) is 0. The van der Waals surface area contributed by atoms with Crippen LogP contribution in [0, 0.1) is 0 Å². The highest BCUT2D eigenvalue weighted by Gasteiger charge is 1.95. The average molecular weight is 275 g/mol. The van der Waals surface area contributed by atoms with Crippen LogP contribution in [0.5, 0.6) is 0 Å². The van der Waals surface area contributed by atoms with Crippen LogP contribution in [0.2, 0.25) is 0 Å². The molecule has 0 N–H and O–H groups in total. The van der Waals surface area contributed by atoms with E-state index in [1.165, 1.54) is 34.4 Å². The summed E-state index contributed by atoms with van der Waals surface area (Å²) >= 11 is 0. The van der Waals surface area contributed by atoms with E-state index in [-0.39, 0.29) is 23.1 Å². The number of ether oxygens (including phenoxy) is 1. The summed E-state index contributed by atoms with van der Waals surface area (Å²) in [5, 5.41) is 5.25. The summed E-state index contributed by atoms with van der Waals surface area (Å²) in [6, 6.07) is 21.4. The van der Waals surface area contributed by atoms with Gasteiger partial charge in [-0.05, 0) is 46.5 Å². The van der Waals surface area contributed by atoms with Gasteiger partial charge in [-0.1, -0.05) is 48.5 Å². The fourth-order valence-corrected chi connectivity index (χ4v) is 2.39. The fraction of sp³-hybridized carbons (Fsp3) is 0.222. The van der Waals surface area contributed by atoms with E-state index in [4.69, 9.17) is 4.74 Å². The summed E-state index contributed by atoms with van der Waals surface area (Å²) in [5.41, 5.74) is 0. The Morgan fingerprint density at radius 1 is 0.600 bits per heavy atom. The van der Waals surface area contributed by atoms with E-state index in [9.17, 15) is 0 Å². The van der Waals surface area contributed by atoms with Gasteiger partial charge in [0.05, 0.1) is 0 Å². The molecule has 3 aromatic carbocycles. The van der Waals surface area contributed by atoms with E-state index in [2.05, 4.69) is 60.7 Å². The number of hydrogen-bond donors (Lipinski definition) is 0. The maximum Gasteiger partial charge on any atom is 0.0466 e. The Labute approximate surface area is 136 Å². The van der Waals surface area contributed by atoms with Gasteiger partial charge in [-0.25, -0.2) is 0 Å². The predicted molar refractivity (Wildman–Crippen MR) is 87.3 cm³/mol. The van der Waals surface area contributed by atoms with Crippen molar-refractivity contribution in [1.29, 1.82) is 0 Å². The lowest BCUT2D eigenvalue weighted by Gasteiger charge is -2.00. The molecule has 0 saturated carbocycles. The lowest BCUT2D eigenvalue weighted by molar-refractivity contribution is 0.198. The van der Waals surface area contributed by atoms with Gasteiger partial charge in [0.2, 0.25) is 0 Å². The first-order valence-electron chi connectivity index (χ1n) is 6.89. The SMILES string of the molecule is C1CCOC1.[Mg].c1ccc2cc3ccccc3cc2c1. The zero-order valence-corrected chi connectivity index (χ0v) is 13.1. The molecular weight excluding hydrogens is 257 g/mol. The second-order valence-electron chi connectivity index (χ2n) is 4.87. The van der Waals surface area contributed by atoms with Crippen LogP contribution in [-0.2, 0) is 4.74 Å². The summed E-state index contributed by atoms with van der Waals surface area (Å²) in [4.78, 5) is 0. The van der Waals surface area contributed by atoms with E-state index in [0.717, 1.165) is 13.2 Å². The monoisotopic (exact) mass is 274 g/mol. The molecule has 1 heterocycles. The van der Waals surface area contributed by atoms with Crippen molar-refractivity contribution in [3.8, 4) is 0 Å². The third-order valence-electron chi connectivity index (χ3n) is 3.44. The first-order valence-corrected chi connectivity index (χ1v) is 6.89. The van der Waals surface area contributed by atoms with Gasteiger partial charge >= 0.3 is 0 Å². The van der Waals surface area contributed by atoms with Crippen LogP contribution in [0.1, 0.15) is 12.8 Å². The molecule has 1 fully saturated rings. The number of benzene rings is 3. The van der Waals surface area contributed by atoms with Crippen molar-refractivity contribution in [3.05, 3.63) is 60.7 Å². The van der Waals surface area contributed by atoms with Gasteiger partial charge in [-0.2, -0.15) is 0 Å². The van der Waals surface area contributed by atoms with Crippen LogP contribution in [-0.4, -0.2) is 36.3 Å². The maximum atomic E-state index is 4.94. The van der Waals surface area contributed by atoms with E-state index in [1.54, 1.807) is 0 Å². The molecule has 0 amide bonds. The molecule has 0 unspecified atom stereocenters. The summed E-state index contributed by atoms with van der Waals surface area (Å²) in [5.74, 6) is 0. The molecule has 4 rings (SSSR count). The molecule has 1 aliphatic rings. The summed E-state index contributed by atoms with van der Waals surface area (Å²) in [6.45, 7) is 2.00. The zero-order valence-electron chi connectivity index (χ0n) is 11.7. The molecule has 0 bridgehead atoms. The van der Waals surface area contributed by atoms with Gasteiger partial charge in [-0.3, -0.25) is 0 Å². The van der Waals surface area contributed by atoms with Crippen LogP contribution in [0.4, 0.5) is 0 Å². The number of fused-ring (bicyclic) bond motifs is 2. The lowest BCUT2D eigenvalue weighted by atomic mass is 10.0. The molecule has 0 atom stereocenters. The average Bonchev–Trinajstić information content (AvgIpc) is 3.04. The van der Waals surface area contributed by atoms with Crippen molar-refractivity contribution in [2.75, 3.05) is 13.2 Å². The molecule has 1 nitrogen and oxygen atoms in total. The quantitative estimate of drug-likeness (QED) is 0.436. The Bertz CT molecular complexity index is 562. The minimum Gasteiger partial charge on any atom is -0.381 e. The minimum atomic E-state index is 0. The van der Waals surface area contributed by atoms with Crippen LogP contribution >= 0.6 is 0 Å². The molecule has 0 spiro atoms. The molecule has 1 aliphatic heterocycles. The minimum absolute atomic E-state index is 0. The normalized spacial score (nSPS) is 13.6. The second kappa shape index (κ2) is 7.63. The molecule has 2 heteroatoms. The van der Waals surface area contributed by atoms with Crippen molar-refractivity contribution in [3.63, 3.8) is 0 Å². The van der Waals surface area contributed by atoms with E-state index < -0.39 is 0 Å². The van der Waals surface area contributed by atoms with Crippen molar-refractivity contribution < 1.29 is 4.74 Å². The first kappa shape index (κ1) is 15.3. The van der Waals surface area contributed by atoms with Gasteiger partial charge in [0, 0.05) is 36.3 Å². The smallest absolute Gasteiger partial charge is 0.0466 e. The second-order valence-corrected chi connectivity index (χ2v) is 4.87. The maximum absolute atomic E-state index is 4.94. The van der Waals surface area contributed by atoms with Crippen molar-refractivity contribution >= 4 is 44.6 Å². The molecule has 0 aliphatic carbocycles. The summed E-state index contributed by atoms with van der Waals surface area (Å²) in [6.07, 6.45) is 2.56. The standard InChI is InChI=1S/C14H10.C4H8O.Mg/c1-2-6-12-10-14-8-4-3-7-13(14)9-11(12)5-1;1-2-4-5-3-1;/h1-10H;1-4H2;. The molecule has 2 radical (unpaired) electrons.